The van der Waals surface area contributed by atoms with Gasteiger partial charge in [-0.2, -0.15) is 0 Å². The molecule has 17 heavy (non-hydrogen) atoms. The molecule has 0 atom stereocenters. The SMILES string of the molecule is Cc1ccccc1-c1cnc(CNN(C)C)s1. The lowest BCUT2D eigenvalue weighted by Crippen LogP contribution is -2.29. The van der Waals surface area contributed by atoms with Crippen molar-refractivity contribution in [3.05, 3.63) is 41.0 Å². The molecule has 0 aliphatic rings. The maximum absolute atomic E-state index is 4.43. The van der Waals surface area contributed by atoms with Crippen LogP contribution in [0, 0.1) is 6.92 Å². The van der Waals surface area contributed by atoms with Crippen molar-refractivity contribution >= 4 is 11.3 Å². The first kappa shape index (κ1) is 12.2. The number of hydrogen-bond acceptors (Lipinski definition) is 4. The van der Waals surface area contributed by atoms with Crippen molar-refractivity contribution in [2.24, 2.45) is 0 Å². The van der Waals surface area contributed by atoms with Crippen LogP contribution in [0.2, 0.25) is 0 Å². The summed E-state index contributed by atoms with van der Waals surface area (Å²) >= 11 is 1.74. The van der Waals surface area contributed by atoms with Gasteiger partial charge >= 0.3 is 0 Å². The van der Waals surface area contributed by atoms with E-state index in [9.17, 15) is 0 Å². The van der Waals surface area contributed by atoms with Crippen LogP contribution in [-0.2, 0) is 6.54 Å². The van der Waals surface area contributed by atoms with Crippen LogP contribution in [0.5, 0.6) is 0 Å². The third-order valence-corrected chi connectivity index (χ3v) is 3.54. The summed E-state index contributed by atoms with van der Waals surface area (Å²) in [6, 6.07) is 8.41. The zero-order chi connectivity index (χ0) is 12.3. The van der Waals surface area contributed by atoms with E-state index >= 15 is 0 Å². The molecule has 1 aromatic carbocycles. The summed E-state index contributed by atoms with van der Waals surface area (Å²) in [7, 11) is 3.96. The second-order valence-electron chi connectivity index (χ2n) is 4.16. The Labute approximate surface area is 106 Å². The number of thiazole rings is 1. The minimum atomic E-state index is 0.781. The third kappa shape index (κ3) is 3.12. The molecule has 2 aromatic rings. The van der Waals surface area contributed by atoms with Gasteiger partial charge in [-0.1, -0.05) is 24.3 Å². The summed E-state index contributed by atoms with van der Waals surface area (Å²) < 4.78 is 0. The van der Waals surface area contributed by atoms with E-state index in [0.717, 1.165) is 11.6 Å². The highest BCUT2D eigenvalue weighted by molar-refractivity contribution is 7.15. The normalized spacial score (nSPS) is 11.1. The minimum absolute atomic E-state index is 0.781. The lowest BCUT2D eigenvalue weighted by atomic mass is 10.1. The summed E-state index contributed by atoms with van der Waals surface area (Å²) in [6.45, 7) is 2.91. The first-order chi connectivity index (χ1) is 8.16. The van der Waals surface area contributed by atoms with E-state index in [2.05, 4.69) is 41.6 Å². The molecule has 1 N–H and O–H groups in total. The number of rotatable bonds is 4. The van der Waals surface area contributed by atoms with Crippen LogP contribution in [0.15, 0.2) is 30.5 Å². The van der Waals surface area contributed by atoms with Gasteiger partial charge in [-0.15, -0.1) is 11.3 Å². The van der Waals surface area contributed by atoms with Gasteiger partial charge in [0.1, 0.15) is 5.01 Å². The van der Waals surface area contributed by atoms with E-state index in [1.54, 1.807) is 11.3 Å². The Balaban J connectivity index is 2.16. The molecule has 0 bridgehead atoms. The zero-order valence-electron chi connectivity index (χ0n) is 10.4. The second kappa shape index (κ2) is 5.40. The molecule has 3 nitrogen and oxygen atoms in total. The summed E-state index contributed by atoms with van der Waals surface area (Å²) in [5, 5.41) is 3.05. The van der Waals surface area contributed by atoms with Crippen LogP contribution in [0.1, 0.15) is 10.6 Å². The topological polar surface area (TPSA) is 28.2 Å². The smallest absolute Gasteiger partial charge is 0.108 e. The van der Waals surface area contributed by atoms with Crippen LogP contribution < -0.4 is 5.43 Å². The summed E-state index contributed by atoms with van der Waals surface area (Å²) in [5.74, 6) is 0. The lowest BCUT2D eigenvalue weighted by Gasteiger charge is -2.09. The standard InChI is InChI=1S/C13H17N3S/c1-10-6-4-5-7-11(10)12-8-14-13(17-12)9-15-16(2)3/h4-8,15H,9H2,1-3H3. The fourth-order valence-electron chi connectivity index (χ4n) is 1.59. The molecule has 90 valence electrons. The first-order valence-electron chi connectivity index (χ1n) is 5.58. The molecule has 1 aromatic heterocycles. The Hall–Kier alpha value is -1.23. The van der Waals surface area contributed by atoms with Crippen molar-refractivity contribution in [1.29, 1.82) is 0 Å². The van der Waals surface area contributed by atoms with E-state index in [-0.39, 0.29) is 0 Å². The lowest BCUT2D eigenvalue weighted by molar-refractivity contribution is 0.286. The third-order valence-electron chi connectivity index (χ3n) is 2.51. The summed E-state index contributed by atoms with van der Waals surface area (Å²) in [6.07, 6.45) is 1.96. The summed E-state index contributed by atoms with van der Waals surface area (Å²) in [5.41, 5.74) is 5.80. The van der Waals surface area contributed by atoms with Gasteiger partial charge in [-0.25, -0.2) is 10.4 Å². The molecule has 0 spiro atoms. The van der Waals surface area contributed by atoms with Gasteiger partial charge in [0, 0.05) is 20.3 Å². The molecular formula is C13H17N3S. The molecule has 0 radical (unpaired) electrons. The fraction of sp³-hybridized carbons (Fsp3) is 0.308. The van der Waals surface area contributed by atoms with Crippen molar-refractivity contribution in [2.45, 2.75) is 13.5 Å². The molecule has 1 heterocycles. The molecule has 0 saturated heterocycles. The minimum Gasteiger partial charge on any atom is -0.250 e. The number of hydrogen-bond donors (Lipinski definition) is 1. The fourth-order valence-corrected chi connectivity index (χ4v) is 2.53. The van der Waals surface area contributed by atoms with Crippen LogP contribution in [0.4, 0.5) is 0 Å². The quantitative estimate of drug-likeness (QED) is 0.842. The molecule has 0 fully saturated rings. The number of nitrogens with one attached hydrogen (secondary N) is 1. The highest BCUT2D eigenvalue weighted by atomic mass is 32.1. The van der Waals surface area contributed by atoms with Gasteiger partial charge in [0.05, 0.1) is 11.4 Å². The van der Waals surface area contributed by atoms with Gasteiger partial charge in [-0.05, 0) is 18.1 Å². The van der Waals surface area contributed by atoms with E-state index in [0.29, 0.717) is 0 Å². The highest BCUT2D eigenvalue weighted by Crippen LogP contribution is 2.28. The molecule has 2 rings (SSSR count). The van der Waals surface area contributed by atoms with Crippen LogP contribution in [0.3, 0.4) is 0 Å². The highest BCUT2D eigenvalue weighted by Gasteiger charge is 2.06. The van der Waals surface area contributed by atoms with Gasteiger partial charge in [0.15, 0.2) is 0 Å². The molecule has 0 unspecified atom stereocenters. The predicted octanol–water partition coefficient (Wildman–Crippen LogP) is 2.68. The Morgan fingerprint density at radius 1 is 1.29 bits per heavy atom. The number of hydrazine groups is 1. The van der Waals surface area contributed by atoms with Crippen molar-refractivity contribution in [2.75, 3.05) is 14.1 Å². The van der Waals surface area contributed by atoms with Gasteiger partial charge in [-0.3, -0.25) is 5.01 Å². The van der Waals surface area contributed by atoms with E-state index < -0.39 is 0 Å². The Morgan fingerprint density at radius 3 is 2.76 bits per heavy atom. The number of nitrogens with zero attached hydrogens (tertiary/aromatic N) is 2. The molecular weight excluding hydrogens is 230 g/mol. The molecule has 0 amide bonds. The first-order valence-corrected chi connectivity index (χ1v) is 6.40. The monoisotopic (exact) mass is 247 g/mol. The van der Waals surface area contributed by atoms with Gasteiger partial charge < -0.3 is 0 Å². The van der Waals surface area contributed by atoms with Crippen LogP contribution in [0.25, 0.3) is 10.4 Å². The van der Waals surface area contributed by atoms with E-state index in [4.69, 9.17) is 0 Å². The van der Waals surface area contributed by atoms with Crippen LogP contribution in [-0.4, -0.2) is 24.1 Å². The van der Waals surface area contributed by atoms with Crippen molar-refractivity contribution < 1.29 is 0 Å². The maximum Gasteiger partial charge on any atom is 0.108 e. The Kier molecular flexibility index (Phi) is 3.89. The molecule has 4 heteroatoms. The number of aryl methyl sites for hydroxylation is 1. The number of benzene rings is 1. The van der Waals surface area contributed by atoms with Crippen molar-refractivity contribution in [3.63, 3.8) is 0 Å². The van der Waals surface area contributed by atoms with E-state index in [1.807, 2.05) is 25.3 Å². The average molecular weight is 247 g/mol. The molecule has 0 aliphatic carbocycles. The second-order valence-corrected chi connectivity index (χ2v) is 5.28. The van der Waals surface area contributed by atoms with Crippen LogP contribution >= 0.6 is 11.3 Å². The largest absolute Gasteiger partial charge is 0.250 e. The van der Waals surface area contributed by atoms with Gasteiger partial charge in [0.25, 0.3) is 0 Å². The Bertz CT molecular complexity index is 491. The number of aromatic nitrogens is 1. The van der Waals surface area contributed by atoms with Gasteiger partial charge in [0.2, 0.25) is 0 Å². The van der Waals surface area contributed by atoms with Crippen molar-refractivity contribution in [1.82, 2.24) is 15.4 Å². The predicted molar refractivity (Wildman–Crippen MR) is 72.8 cm³/mol. The van der Waals surface area contributed by atoms with Crippen molar-refractivity contribution in [3.8, 4) is 10.4 Å². The Morgan fingerprint density at radius 2 is 2.06 bits per heavy atom. The van der Waals surface area contributed by atoms with E-state index in [1.165, 1.54) is 16.0 Å². The molecule has 0 saturated carbocycles. The average Bonchev–Trinajstić information content (AvgIpc) is 2.75. The zero-order valence-corrected chi connectivity index (χ0v) is 11.2. The molecule has 0 aliphatic heterocycles. The summed E-state index contributed by atoms with van der Waals surface area (Å²) in [4.78, 5) is 5.67. The maximum atomic E-state index is 4.43.